The van der Waals surface area contributed by atoms with Crippen molar-refractivity contribution in [2.24, 2.45) is 5.92 Å². The smallest absolute Gasteiger partial charge is 0.352 e. The second-order valence-electron chi connectivity index (χ2n) is 8.32. The fraction of sp³-hybridized carbons (Fsp3) is 0.435. The van der Waals surface area contributed by atoms with E-state index in [2.05, 4.69) is 10.6 Å². The summed E-state index contributed by atoms with van der Waals surface area (Å²) in [6.45, 7) is 4.19. The average Bonchev–Trinajstić information content (AvgIpc) is 2.82. The molecule has 2 aliphatic rings. The first-order valence-electron chi connectivity index (χ1n) is 10.9. The Morgan fingerprint density at radius 3 is 2.49 bits per heavy atom. The maximum absolute atomic E-state index is 12.9. The average molecular weight is 506 g/mol. The van der Waals surface area contributed by atoms with Crippen LogP contribution in [0, 0.1) is 5.92 Å². The number of β-lactam (4-membered cyclic amide) rings is 1. The number of thioether (sulfide) groups is 1. The summed E-state index contributed by atoms with van der Waals surface area (Å²) < 4.78 is 10.3. The third kappa shape index (κ3) is 6.13. The molecule has 188 valence electrons. The number of fused-ring (bicyclic) bond motifs is 1. The zero-order valence-corrected chi connectivity index (χ0v) is 20.3. The lowest BCUT2D eigenvalue weighted by Gasteiger charge is -2.49. The van der Waals surface area contributed by atoms with Gasteiger partial charge in [-0.1, -0.05) is 32.0 Å². The number of carbonyl (C=O) groups excluding carboxylic acids is 4. The maximum atomic E-state index is 12.9. The van der Waals surface area contributed by atoms with Crippen LogP contribution in [0.5, 0.6) is 5.75 Å². The van der Waals surface area contributed by atoms with E-state index < -0.39 is 47.1 Å². The normalized spacial score (nSPS) is 19.9. The summed E-state index contributed by atoms with van der Waals surface area (Å²) in [6, 6.07) is 6.88. The highest BCUT2D eigenvalue weighted by Gasteiger charge is 2.54. The Labute approximate surface area is 206 Å². The van der Waals surface area contributed by atoms with Crippen LogP contribution in [0.15, 0.2) is 41.6 Å². The number of amides is 3. The molecule has 3 N–H and O–H groups in total. The van der Waals surface area contributed by atoms with E-state index in [-0.39, 0.29) is 30.6 Å². The molecule has 3 rings (SSSR count). The van der Waals surface area contributed by atoms with Gasteiger partial charge in [0.2, 0.25) is 5.91 Å². The molecule has 0 saturated carbocycles. The van der Waals surface area contributed by atoms with E-state index in [9.17, 15) is 29.1 Å². The Morgan fingerprint density at radius 1 is 1.20 bits per heavy atom. The molecule has 2 aliphatic heterocycles. The Hall–Kier alpha value is -3.54. The molecule has 0 spiro atoms. The number of aliphatic carboxylic acids is 1. The van der Waals surface area contributed by atoms with E-state index in [4.69, 9.17) is 9.47 Å². The molecule has 0 bridgehead atoms. The largest absolute Gasteiger partial charge is 0.484 e. The van der Waals surface area contributed by atoms with E-state index in [1.807, 2.05) is 6.07 Å². The van der Waals surface area contributed by atoms with Crippen LogP contribution in [-0.2, 0) is 28.7 Å². The topological polar surface area (TPSA) is 151 Å². The minimum Gasteiger partial charge on any atom is -0.484 e. The lowest BCUT2D eigenvalue weighted by atomic mass is 9.99. The summed E-state index contributed by atoms with van der Waals surface area (Å²) in [6.07, 6.45) is 0. The number of carboxylic acids is 1. The van der Waals surface area contributed by atoms with Gasteiger partial charge in [-0.25, -0.2) is 4.79 Å². The molecule has 11 nitrogen and oxygen atoms in total. The number of benzene rings is 1. The lowest BCUT2D eigenvalue weighted by molar-refractivity contribution is -0.151. The van der Waals surface area contributed by atoms with Gasteiger partial charge < -0.3 is 25.2 Å². The summed E-state index contributed by atoms with van der Waals surface area (Å²) in [5.74, 6) is -3.08. The molecule has 3 amide bonds. The summed E-state index contributed by atoms with van der Waals surface area (Å²) >= 11 is 1.26. The number of para-hydroxylation sites is 1. The Morgan fingerprint density at radius 2 is 1.89 bits per heavy atom. The molecule has 0 unspecified atom stereocenters. The highest BCUT2D eigenvalue weighted by atomic mass is 32.2. The quantitative estimate of drug-likeness (QED) is 0.305. The van der Waals surface area contributed by atoms with Crippen molar-refractivity contribution in [2.45, 2.75) is 38.2 Å². The molecule has 0 radical (unpaired) electrons. The lowest BCUT2D eigenvalue weighted by Crippen LogP contribution is -2.72. The Balaban J connectivity index is 1.62. The van der Waals surface area contributed by atoms with Crippen LogP contribution < -0.4 is 15.4 Å². The van der Waals surface area contributed by atoms with Crippen LogP contribution in [0.4, 0.5) is 0 Å². The highest BCUT2D eigenvalue weighted by Crippen LogP contribution is 2.40. The van der Waals surface area contributed by atoms with Gasteiger partial charge in [-0.15, -0.1) is 11.8 Å². The van der Waals surface area contributed by atoms with Crippen LogP contribution in [0.25, 0.3) is 0 Å². The van der Waals surface area contributed by atoms with Crippen molar-refractivity contribution in [1.29, 1.82) is 0 Å². The number of nitrogens with zero attached hydrogens (tertiary/aromatic N) is 1. The summed E-state index contributed by atoms with van der Waals surface area (Å²) in [5.41, 5.74) is 0.0649. The molecular formula is C23H27N3O8S. The van der Waals surface area contributed by atoms with Gasteiger partial charge in [-0.3, -0.25) is 24.1 Å². The van der Waals surface area contributed by atoms with Crippen molar-refractivity contribution in [1.82, 2.24) is 15.5 Å². The minimum atomic E-state index is -1.32. The molecule has 2 heterocycles. The zero-order chi connectivity index (χ0) is 25.7. The summed E-state index contributed by atoms with van der Waals surface area (Å²) in [7, 11) is 0. The van der Waals surface area contributed by atoms with Crippen LogP contribution >= 0.6 is 11.8 Å². The summed E-state index contributed by atoms with van der Waals surface area (Å²) in [4.78, 5) is 62.1. The molecule has 0 aromatic heterocycles. The predicted molar refractivity (Wildman–Crippen MR) is 125 cm³/mol. The first-order chi connectivity index (χ1) is 16.6. The first-order valence-corrected chi connectivity index (χ1v) is 12.0. The number of rotatable bonds is 10. The van der Waals surface area contributed by atoms with E-state index in [0.717, 1.165) is 4.90 Å². The SMILES string of the molecule is CC(=O)OCC1=C(C(=O)O)N2C(=O)[C@@H](NC(=O)[C@@H](NC(=O)COc3ccccc3)C(C)C)[C@H]2SC1. The number of ether oxygens (including phenoxy) is 2. The van der Waals surface area contributed by atoms with Gasteiger partial charge >= 0.3 is 11.9 Å². The predicted octanol–water partition coefficient (Wildman–Crippen LogP) is 0.508. The van der Waals surface area contributed by atoms with Crippen LogP contribution in [0.3, 0.4) is 0 Å². The number of carbonyl (C=O) groups is 5. The fourth-order valence-electron chi connectivity index (χ4n) is 3.64. The highest BCUT2D eigenvalue weighted by molar-refractivity contribution is 8.00. The summed E-state index contributed by atoms with van der Waals surface area (Å²) in [5, 5.41) is 14.3. The monoisotopic (exact) mass is 505 g/mol. The maximum Gasteiger partial charge on any atom is 0.352 e. The van der Waals surface area contributed by atoms with E-state index in [1.54, 1.807) is 38.1 Å². The van der Waals surface area contributed by atoms with Gasteiger partial charge in [-0.2, -0.15) is 0 Å². The number of nitrogens with one attached hydrogen (secondary N) is 2. The van der Waals surface area contributed by atoms with Gasteiger partial charge in [0.25, 0.3) is 11.8 Å². The Bertz CT molecular complexity index is 1040. The van der Waals surface area contributed by atoms with E-state index >= 15 is 0 Å². The minimum absolute atomic E-state index is 0.219. The van der Waals surface area contributed by atoms with Gasteiger partial charge in [0, 0.05) is 18.2 Å². The first kappa shape index (κ1) is 26.1. The molecule has 3 atom stereocenters. The van der Waals surface area contributed by atoms with Crippen molar-refractivity contribution < 1.29 is 38.6 Å². The van der Waals surface area contributed by atoms with Gasteiger partial charge in [-0.05, 0) is 18.1 Å². The fourth-order valence-corrected chi connectivity index (χ4v) is 4.97. The number of esters is 1. The Kier molecular flexibility index (Phi) is 8.39. The number of hydrogen-bond donors (Lipinski definition) is 3. The van der Waals surface area contributed by atoms with E-state index in [1.165, 1.54) is 18.7 Å². The van der Waals surface area contributed by atoms with E-state index in [0.29, 0.717) is 11.3 Å². The molecular weight excluding hydrogens is 478 g/mol. The van der Waals surface area contributed by atoms with Crippen molar-refractivity contribution in [3.8, 4) is 5.75 Å². The number of hydrogen-bond acceptors (Lipinski definition) is 8. The molecule has 1 fully saturated rings. The van der Waals surface area contributed by atoms with Crippen LogP contribution in [0.1, 0.15) is 20.8 Å². The molecule has 1 saturated heterocycles. The van der Waals surface area contributed by atoms with Gasteiger partial charge in [0.15, 0.2) is 6.61 Å². The molecule has 0 aliphatic carbocycles. The number of carboxylic acid groups (broad SMARTS) is 1. The standard InChI is InChI=1S/C23H27N3O8S/c1-12(2)17(24-16(28)10-34-15-7-5-4-6-8-15)20(29)25-18-21(30)26-19(23(31)32)14(9-33-13(3)27)11-35-22(18)26/h4-8,12,17-18,22H,9-11H2,1-3H3,(H,24,28)(H,25,29)(H,31,32)/t17-,18+,22+/m0/s1. The van der Waals surface area contributed by atoms with Gasteiger partial charge in [0.1, 0.15) is 35.5 Å². The zero-order valence-electron chi connectivity index (χ0n) is 19.5. The molecule has 12 heteroatoms. The van der Waals surface area contributed by atoms with Crippen molar-refractivity contribution in [3.63, 3.8) is 0 Å². The van der Waals surface area contributed by atoms with Crippen molar-refractivity contribution in [3.05, 3.63) is 41.6 Å². The third-order valence-electron chi connectivity index (χ3n) is 5.38. The van der Waals surface area contributed by atoms with Crippen molar-refractivity contribution in [2.75, 3.05) is 19.0 Å². The van der Waals surface area contributed by atoms with Crippen LogP contribution in [0.2, 0.25) is 0 Å². The second kappa shape index (κ2) is 11.3. The second-order valence-corrected chi connectivity index (χ2v) is 9.43. The van der Waals surface area contributed by atoms with Gasteiger partial charge in [0.05, 0.1) is 0 Å². The van der Waals surface area contributed by atoms with Crippen molar-refractivity contribution >= 4 is 41.4 Å². The third-order valence-corrected chi connectivity index (χ3v) is 6.72. The molecule has 1 aromatic carbocycles. The molecule has 35 heavy (non-hydrogen) atoms. The molecule has 1 aromatic rings. The van der Waals surface area contributed by atoms with Crippen LogP contribution in [-0.4, -0.2) is 76.1 Å².